The number of benzene rings is 3. The molecule has 3 aromatic carbocycles. The molecule has 0 spiro atoms. The molecule has 0 radical (unpaired) electrons. The van der Waals surface area contributed by atoms with E-state index in [9.17, 15) is 0 Å². The van der Waals surface area contributed by atoms with E-state index >= 15 is 0 Å². The van der Waals surface area contributed by atoms with Crippen molar-refractivity contribution in [3.63, 3.8) is 0 Å². The highest BCUT2D eigenvalue weighted by molar-refractivity contribution is 5.58. The van der Waals surface area contributed by atoms with Gasteiger partial charge in [-0.2, -0.15) is 0 Å². The van der Waals surface area contributed by atoms with Gasteiger partial charge in [0.15, 0.2) is 0 Å². The van der Waals surface area contributed by atoms with Crippen molar-refractivity contribution in [2.45, 2.75) is 194 Å². The van der Waals surface area contributed by atoms with E-state index in [0.29, 0.717) is 44.7 Å². The average Bonchev–Trinajstić information content (AvgIpc) is 4.15. The van der Waals surface area contributed by atoms with Crippen LogP contribution in [0.5, 0.6) is 17.2 Å². The molecule has 3 fully saturated rings. The third-order valence-corrected chi connectivity index (χ3v) is 9.81. The van der Waals surface area contributed by atoms with Gasteiger partial charge in [-0.25, -0.2) is 0 Å². The van der Waals surface area contributed by atoms with E-state index in [0.717, 1.165) is 97.2 Å². The number of rotatable bonds is 19. The van der Waals surface area contributed by atoms with Crippen LogP contribution in [-0.2, 0) is 24.4 Å². The van der Waals surface area contributed by atoms with Crippen LogP contribution in [0.1, 0.15) is 174 Å². The Labute approximate surface area is 388 Å². The van der Waals surface area contributed by atoms with Crippen molar-refractivity contribution in [2.75, 3.05) is 52.9 Å². The molecule has 6 rings (SSSR count). The maximum absolute atomic E-state index is 8.65. The minimum absolute atomic E-state index is 0.318. The predicted molar refractivity (Wildman–Crippen MR) is 269 cm³/mol. The SMILES string of the molecule is CC.CC.CC.CC.CC.CC.CCCOCC(C)O.Cc1cc(C(C)(c2cc(C)c(OCCC3CO3)c(C)c2)c2cc(C)c(OCCC3CO3)c(C)c2)ccc1OCCC1CO1. The summed E-state index contributed by atoms with van der Waals surface area (Å²) in [7, 11) is 0. The molecular formula is C55H96O8. The standard InChI is InChI=1S/C37H46O6.C6H14O2.6C2H6/c1-23-15-28(7-8-34(23)38-12-9-31-20-41-31)37(6,29-16-24(2)35(25(3)17-29)39-13-10-32-21-42-32)30-18-26(4)36(27(5)19-30)40-14-11-33-22-43-33;1-3-4-8-5-6(2)7;6*1-2/h7-8,15-19,31-33H,9-14,20-22H2,1-6H3;6-7H,3-5H2,1-2H3;6*1-2H3. The Morgan fingerprint density at radius 2 is 0.873 bits per heavy atom. The normalized spacial score (nSPS) is 17.1. The van der Waals surface area contributed by atoms with Gasteiger partial charge in [0.05, 0.1) is 70.7 Å². The lowest BCUT2D eigenvalue weighted by Gasteiger charge is -2.34. The van der Waals surface area contributed by atoms with Crippen molar-refractivity contribution < 1.29 is 38.3 Å². The van der Waals surface area contributed by atoms with E-state index in [2.05, 4.69) is 84.0 Å². The topological polar surface area (TPSA) is 94.7 Å². The van der Waals surface area contributed by atoms with Crippen molar-refractivity contribution in [1.29, 1.82) is 0 Å². The molecule has 0 amide bonds. The third-order valence-electron chi connectivity index (χ3n) is 9.81. The summed E-state index contributed by atoms with van der Waals surface area (Å²) in [5.41, 5.74) is 8.99. The van der Waals surface area contributed by atoms with Gasteiger partial charge in [-0.05, 0) is 105 Å². The molecule has 63 heavy (non-hydrogen) atoms. The van der Waals surface area contributed by atoms with Gasteiger partial charge in [-0.1, -0.05) is 126 Å². The van der Waals surface area contributed by atoms with Crippen LogP contribution in [0.4, 0.5) is 0 Å². The minimum Gasteiger partial charge on any atom is -0.493 e. The maximum atomic E-state index is 8.65. The van der Waals surface area contributed by atoms with Crippen LogP contribution in [-0.4, -0.2) is 82.4 Å². The first kappa shape index (κ1) is 61.9. The van der Waals surface area contributed by atoms with Crippen molar-refractivity contribution in [3.05, 3.63) is 87.0 Å². The second-order valence-electron chi connectivity index (χ2n) is 14.7. The van der Waals surface area contributed by atoms with Crippen LogP contribution in [0.25, 0.3) is 0 Å². The van der Waals surface area contributed by atoms with Crippen LogP contribution < -0.4 is 14.2 Å². The Morgan fingerprint density at radius 1 is 0.540 bits per heavy atom. The highest BCUT2D eigenvalue weighted by Crippen LogP contribution is 2.44. The van der Waals surface area contributed by atoms with Gasteiger partial charge in [-0.3, -0.25) is 0 Å². The Balaban J connectivity index is 0. The lowest BCUT2D eigenvalue weighted by Crippen LogP contribution is -2.26. The molecule has 0 saturated carbocycles. The van der Waals surface area contributed by atoms with Gasteiger partial charge in [0.25, 0.3) is 0 Å². The van der Waals surface area contributed by atoms with Crippen LogP contribution in [0.15, 0.2) is 42.5 Å². The Kier molecular flexibility index (Phi) is 35.5. The molecule has 3 heterocycles. The fourth-order valence-electron chi connectivity index (χ4n) is 6.54. The third kappa shape index (κ3) is 22.6. The number of aryl methyl sites for hydroxylation is 5. The van der Waals surface area contributed by atoms with Crippen LogP contribution in [0.3, 0.4) is 0 Å². The number of aliphatic hydroxyl groups is 1. The Hall–Kier alpha value is -3.14. The van der Waals surface area contributed by atoms with Gasteiger partial charge in [0, 0.05) is 31.3 Å². The van der Waals surface area contributed by atoms with Gasteiger partial charge >= 0.3 is 0 Å². The largest absolute Gasteiger partial charge is 0.493 e. The van der Waals surface area contributed by atoms with E-state index in [1.807, 2.05) is 90.0 Å². The molecule has 1 N–H and O–H groups in total. The number of hydrogen-bond acceptors (Lipinski definition) is 8. The summed E-state index contributed by atoms with van der Waals surface area (Å²) in [4.78, 5) is 0. The van der Waals surface area contributed by atoms with Crippen molar-refractivity contribution in [3.8, 4) is 17.2 Å². The summed E-state index contributed by atoms with van der Waals surface area (Å²) in [5, 5.41) is 8.65. The number of aliphatic hydroxyl groups excluding tert-OH is 1. The molecule has 4 unspecified atom stereocenters. The lowest BCUT2D eigenvalue weighted by atomic mass is 9.69. The predicted octanol–water partition coefficient (Wildman–Crippen LogP) is 14.0. The van der Waals surface area contributed by atoms with E-state index in [1.54, 1.807) is 6.92 Å². The Bertz CT molecular complexity index is 1450. The Morgan fingerprint density at radius 3 is 1.17 bits per heavy atom. The fraction of sp³-hybridized carbons (Fsp3) is 0.673. The van der Waals surface area contributed by atoms with Crippen molar-refractivity contribution in [1.82, 2.24) is 0 Å². The first-order valence-electron chi connectivity index (χ1n) is 24.8. The zero-order valence-corrected chi connectivity index (χ0v) is 44.1. The molecule has 0 bridgehead atoms. The molecule has 4 atom stereocenters. The minimum atomic E-state index is -0.420. The second kappa shape index (κ2) is 36.1. The van der Waals surface area contributed by atoms with Crippen molar-refractivity contribution >= 4 is 0 Å². The second-order valence-corrected chi connectivity index (χ2v) is 14.7. The molecule has 364 valence electrons. The van der Waals surface area contributed by atoms with E-state index in [-0.39, 0.29) is 6.10 Å². The number of epoxide rings is 3. The summed E-state index contributed by atoms with van der Waals surface area (Å²) in [5.74, 6) is 2.88. The monoisotopic (exact) mass is 885 g/mol. The quantitative estimate of drug-likeness (QED) is 0.0723. The van der Waals surface area contributed by atoms with Gasteiger partial charge in [0.1, 0.15) is 17.2 Å². The summed E-state index contributed by atoms with van der Waals surface area (Å²) in [6.07, 6.45) is 4.58. The molecule has 0 aliphatic carbocycles. The van der Waals surface area contributed by atoms with Gasteiger partial charge in [0.2, 0.25) is 0 Å². The molecule has 3 saturated heterocycles. The molecule has 8 heteroatoms. The van der Waals surface area contributed by atoms with E-state index in [1.165, 1.54) is 16.7 Å². The van der Waals surface area contributed by atoms with E-state index in [4.69, 9.17) is 38.3 Å². The molecule has 3 aromatic rings. The fourth-order valence-corrected chi connectivity index (χ4v) is 6.54. The van der Waals surface area contributed by atoms with Crippen molar-refractivity contribution in [2.24, 2.45) is 0 Å². The zero-order chi connectivity index (χ0) is 48.5. The molecule has 3 aliphatic heterocycles. The summed E-state index contributed by atoms with van der Waals surface area (Å²) < 4.78 is 39.8. The number of hydrogen-bond donors (Lipinski definition) is 1. The zero-order valence-electron chi connectivity index (χ0n) is 44.1. The highest BCUT2D eigenvalue weighted by atomic mass is 16.6. The molecule has 0 aromatic heterocycles. The molecule has 3 aliphatic rings. The van der Waals surface area contributed by atoms with Crippen LogP contribution in [0, 0.1) is 34.6 Å². The lowest BCUT2D eigenvalue weighted by molar-refractivity contribution is 0.0466. The molecular weight excluding hydrogens is 789 g/mol. The van der Waals surface area contributed by atoms with Gasteiger partial charge in [-0.15, -0.1) is 0 Å². The smallest absolute Gasteiger partial charge is 0.125 e. The van der Waals surface area contributed by atoms with Crippen LogP contribution in [0.2, 0.25) is 0 Å². The first-order valence-corrected chi connectivity index (χ1v) is 24.8. The average molecular weight is 885 g/mol. The van der Waals surface area contributed by atoms with Crippen LogP contribution >= 0.6 is 0 Å². The first-order chi connectivity index (χ1) is 30.5. The molecule has 8 nitrogen and oxygen atoms in total. The summed E-state index contributed by atoms with van der Waals surface area (Å²) in [6.45, 7) is 46.7. The van der Waals surface area contributed by atoms with Gasteiger partial charge < -0.3 is 38.3 Å². The highest BCUT2D eigenvalue weighted by Gasteiger charge is 2.34. The number of ether oxygens (including phenoxy) is 7. The summed E-state index contributed by atoms with van der Waals surface area (Å²) >= 11 is 0. The van der Waals surface area contributed by atoms with E-state index < -0.39 is 5.41 Å². The maximum Gasteiger partial charge on any atom is 0.125 e. The summed E-state index contributed by atoms with van der Waals surface area (Å²) in [6, 6.07) is 15.9.